The van der Waals surface area contributed by atoms with E-state index in [4.69, 9.17) is 5.10 Å². The highest BCUT2D eigenvalue weighted by Crippen LogP contribution is 2.33. The molecule has 0 fully saturated rings. The first kappa shape index (κ1) is 20.1. The Labute approximate surface area is 187 Å². The zero-order chi connectivity index (χ0) is 18.4. The van der Waals surface area contributed by atoms with Crippen LogP contribution in [0.2, 0.25) is 0 Å². The lowest BCUT2D eigenvalue weighted by Crippen LogP contribution is -2.17. The predicted octanol–water partition coefficient (Wildman–Crippen LogP) is 7.53. The van der Waals surface area contributed by atoms with Crippen molar-refractivity contribution in [3.8, 4) is 0 Å². The molecule has 0 saturated carbocycles. The van der Waals surface area contributed by atoms with Crippen molar-refractivity contribution in [3.05, 3.63) is 61.2 Å². The van der Waals surface area contributed by atoms with Crippen molar-refractivity contribution in [2.24, 2.45) is 5.10 Å². The Morgan fingerprint density at radius 1 is 1.04 bits per heavy atom. The van der Waals surface area contributed by atoms with E-state index in [2.05, 4.69) is 106 Å². The monoisotopic (exact) mass is 588 g/mol. The summed E-state index contributed by atoms with van der Waals surface area (Å²) in [6.45, 7) is 3.21. The van der Waals surface area contributed by atoms with Crippen LogP contribution < -0.4 is 5.01 Å². The molecular weight excluding hydrogens is 566 g/mol. The van der Waals surface area contributed by atoms with Crippen LogP contribution in [0.25, 0.3) is 10.1 Å². The summed E-state index contributed by atoms with van der Waals surface area (Å²) in [7, 11) is 0. The van der Waals surface area contributed by atoms with E-state index in [9.17, 15) is 0 Å². The van der Waals surface area contributed by atoms with Crippen molar-refractivity contribution in [2.45, 2.75) is 32.6 Å². The van der Waals surface area contributed by atoms with Crippen molar-refractivity contribution < 1.29 is 0 Å². The number of fused-ring (bicyclic) bond motifs is 1. The SMILES string of the molecule is CCCCCCN(/N=C/c1cc(I)ccc1I)c1cc2ccccc2s1. The molecule has 0 saturated heterocycles. The maximum Gasteiger partial charge on any atom is 0.113 e. The summed E-state index contributed by atoms with van der Waals surface area (Å²) < 4.78 is 3.79. The highest BCUT2D eigenvalue weighted by atomic mass is 127. The Bertz CT molecular complexity index is 856. The summed E-state index contributed by atoms with van der Waals surface area (Å²) in [5, 5.41) is 9.56. The second kappa shape index (κ2) is 10.0. The number of halogens is 2. The van der Waals surface area contributed by atoms with Gasteiger partial charge in [-0.3, -0.25) is 5.01 Å². The van der Waals surface area contributed by atoms with E-state index in [0.29, 0.717) is 0 Å². The number of rotatable bonds is 8. The topological polar surface area (TPSA) is 15.6 Å². The highest BCUT2D eigenvalue weighted by molar-refractivity contribution is 14.1. The fraction of sp³-hybridized carbons (Fsp3) is 0.286. The minimum absolute atomic E-state index is 0.962. The van der Waals surface area contributed by atoms with E-state index in [0.717, 1.165) is 6.54 Å². The Hall–Kier alpha value is -0.670. The molecule has 3 rings (SSSR count). The van der Waals surface area contributed by atoms with E-state index < -0.39 is 0 Å². The quantitative estimate of drug-likeness (QED) is 0.115. The van der Waals surface area contributed by atoms with Gasteiger partial charge in [-0.25, -0.2) is 0 Å². The number of nitrogens with zero attached hydrogens (tertiary/aromatic N) is 2. The first-order valence-corrected chi connectivity index (χ1v) is 11.9. The molecular formula is C21H22I2N2S. The molecule has 0 N–H and O–H groups in total. The van der Waals surface area contributed by atoms with Gasteiger partial charge in [-0.1, -0.05) is 44.4 Å². The van der Waals surface area contributed by atoms with Gasteiger partial charge in [0.25, 0.3) is 0 Å². The summed E-state index contributed by atoms with van der Waals surface area (Å²) in [6.07, 6.45) is 6.98. The molecule has 0 aliphatic heterocycles. The average Bonchev–Trinajstić information content (AvgIpc) is 3.07. The molecule has 5 heteroatoms. The molecule has 2 aromatic carbocycles. The van der Waals surface area contributed by atoms with E-state index in [1.165, 1.54) is 53.5 Å². The van der Waals surface area contributed by atoms with Gasteiger partial charge in [0.15, 0.2) is 0 Å². The van der Waals surface area contributed by atoms with Gasteiger partial charge in [0.2, 0.25) is 0 Å². The molecule has 2 nitrogen and oxygen atoms in total. The Balaban J connectivity index is 1.84. The summed E-state index contributed by atoms with van der Waals surface area (Å²) in [4.78, 5) is 0. The van der Waals surface area contributed by atoms with Crippen LogP contribution in [0.1, 0.15) is 38.2 Å². The lowest BCUT2D eigenvalue weighted by molar-refractivity contribution is 0.653. The average molecular weight is 588 g/mol. The number of hydrogen-bond donors (Lipinski definition) is 0. The van der Waals surface area contributed by atoms with E-state index >= 15 is 0 Å². The van der Waals surface area contributed by atoms with Crippen LogP contribution >= 0.6 is 56.5 Å². The standard InChI is InChI=1S/C21H22I2N2S/c1-2-3-4-7-12-25(21-14-16-8-5-6-9-20(16)26-21)24-15-17-13-18(22)10-11-19(17)23/h5-6,8-11,13-15H,2-4,7,12H2,1H3/b24-15+. The van der Waals surface area contributed by atoms with Crippen molar-refractivity contribution in [3.63, 3.8) is 0 Å². The number of benzene rings is 2. The van der Waals surface area contributed by atoms with Gasteiger partial charge < -0.3 is 0 Å². The van der Waals surface area contributed by atoms with Crippen LogP contribution in [0.3, 0.4) is 0 Å². The minimum atomic E-state index is 0.962. The van der Waals surface area contributed by atoms with Gasteiger partial charge in [0, 0.05) is 23.9 Å². The molecule has 0 atom stereocenters. The number of anilines is 1. The lowest BCUT2D eigenvalue weighted by atomic mass is 10.2. The zero-order valence-electron chi connectivity index (χ0n) is 14.8. The molecule has 1 aromatic heterocycles. The third-order valence-corrected chi connectivity index (χ3v) is 6.97. The van der Waals surface area contributed by atoms with E-state index in [1.54, 1.807) is 0 Å². The van der Waals surface area contributed by atoms with Crippen molar-refractivity contribution in [2.75, 3.05) is 11.6 Å². The van der Waals surface area contributed by atoms with Crippen LogP contribution in [-0.4, -0.2) is 12.8 Å². The third kappa shape index (κ3) is 5.42. The zero-order valence-corrected chi connectivity index (χ0v) is 19.9. The van der Waals surface area contributed by atoms with Crippen LogP contribution in [0.15, 0.2) is 53.6 Å². The molecule has 0 bridgehead atoms. The third-order valence-electron chi connectivity index (χ3n) is 4.18. The second-order valence-electron chi connectivity index (χ2n) is 6.22. The van der Waals surface area contributed by atoms with Crippen LogP contribution in [0.4, 0.5) is 5.00 Å². The van der Waals surface area contributed by atoms with Gasteiger partial charge in [-0.15, -0.1) is 11.3 Å². The maximum atomic E-state index is 4.87. The first-order chi connectivity index (χ1) is 12.7. The molecule has 0 radical (unpaired) electrons. The second-order valence-corrected chi connectivity index (χ2v) is 9.69. The van der Waals surface area contributed by atoms with Gasteiger partial charge in [-0.05, 0) is 87.3 Å². The fourth-order valence-electron chi connectivity index (χ4n) is 2.75. The summed E-state index contributed by atoms with van der Waals surface area (Å²) in [5.74, 6) is 0. The Morgan fingerprint density at radius 3 is 2.69 bits per heavy atom. The minimum Gasteiger partial charge on any atom is -0.255 e. The molecule has 3 aromatic rings. The summed E-state index contributed by atoms with van der Waals surface area (Å²) in [6, 6.07) is 17.3. The normalized spacial score (nSPS) is 11.5. The molecule has 136 valence electrons. The molecule has 0 amide bonds. The molecule has 1 heterocycles. The molecule has 0 aliphatic carbocycles. The smallest absolute Gasteiger partial charge is 0.113 e. The predicted molar refractivity (Wildman–Crippen MR) is 133 cm³/mol. The lowest BCUT2D eigenvalue weighted by Gasteiger charge is -2.17. The van der Waals surface area contributed by atoms with Crippen molar-refractivity contribution >= 4 is 77.8 Å². The molecule has 26 heavy (non-hydrogen) atoms. The highest BCUT2D eigenvalue weighted by Gasteiger charge is 2.09. The van der Waals surface area contributed by atoms with Gasteiger partial charge in [0.05, 0.1) is 6.21 Å². The molecule has 0 aliphatic rings. The largest absolute Gasteiger partial charge is 0.255 e. The molecule has 0 spiro atoms. The van der Waals surface area contributed by atoms with E-state index in [1.807, 2.05) is 17.6 Å². The van der Waals surface area contributed by atoms with Gasteiger partial charge >= 0.3 is 0 Å². The number of thiophene rings is 1. The Morgan fingerprint density at radius 2 is 1.88 bits per heavy atom. The first-order valence-electron chi connectivity index (χ1n) is 8.92. The van der Waals surface area contributed by atoms with Crippen LogP contribution in [0, 0.1) is 7.14 Å². The van der Waals surface area contributed by atoms with Crippen LogP contribution in [0.5, 0.6) is 0 Å². The van der Waals surface area contributed by atoms with Crippen LogP contribution in [-0.2, 0) is 0 Å². The molecule has 0 unspecified atom stereocenters. The number of hydrazone groups is 1. The number of unbranched alkanes of at least 4 members (excludes halogenated alkanes) is 3. The summed E-state index contributed by atoms with van der Waals surface area (Å²) in [5.41, 5.74) is 1.18. The van der Waals surface area contributed by atoms with Gasteiger partial charge in [-0.2, -0.15) is 5.10 Å². The van der Waals surface area contributed by atoms with Crippen molar-refractivity contribution in [1.82, 2.24) is 0 Å². The van der Waals surface area contributed by atoms with E-state index in [-0.39, 0.29) is 0 Å². The fourth-order valence-corrected chi connectivity index (χ4v) is 4.79. The van der Waals surface area contributed by atoms with Gasteiger partial charge in [0.1, 0.15) is 5.00 Å². The van der Waals surface area contributed by atoms with Crippen molar-refractivity contribution in [1.29, 1.82) is 0 Å². The maximum absolute atomic E-state index is 4.87. The summed E-state index contributed by atoms with van der Waals surface area (Å²) >= 11 is 6.55. The number of hydrogen-bond acceptors (Lipinski definition) is 3. The Kier molecular flexibility index (Phi) is 7.75.